The molecule has 0 unspecified atom stereocenters. The van der Waals surface area contributed by atoms with Crippen molar-refractivity contribution in [2.45, 2.75) is 43.1 Å². The Labute approximate surface area is 217 Å². The molecule has 0 saturated carbocycles. The molecule has 2 amide bonds. The summed E-state index contributed by atoms with van der Waals surface area (Å²) in [7, 11) is 1.63. The lowest BCUT2D eigenvalue weighted by Gasteiger charge is -2.42. The normalized spacial score (nSPS) is 21.6. The van der Waals surface area contributed by atoms with E-state index in [1.54, 1.807) is 25.4 Å². The summed E-state index contributed by atoms with van der Waals surface area (Å²) < 4.78 is 1.40. The van der Waals surface area contributed by atoms with E-state index in [0.29, 0.717) is 25.9 Å². The molecule has 6 heteroatoms. The number of carbonyl (C=O) groups excluding carboxylic acids is 2. The maximum absolute atomic E-state index is 13.8. The fourth-order valence-electron chi connectivity index (χ4n) is 5.99. The molecule has 190 valence electrons. The first-order chi connectivity index (χ1) is 17.9. The van der Waals surface area contributed by atoms with Crippen LogP contribution in [0.3, 0.4) is 0 Å². The molecule has 1 fully saturated rings. The molecule has 0 spiro atoms. The lowest BCUT2D eigenvalue weighted by atomic mass is 9.63. The second-order valence-corrected chi connectivity index (χ2v) is 10.1. The van der Waals surface area contributed by atoms with E-state index in [9.17, 15) is 14.4 Å². The molecular weight excluding hydrogens is 462 g/mol. The van der Waals surface area contributed by atoms with E-state index in [0.717, 1.165) is 24.0 Å². The van der Waals surface area contributed by atoms with Gasteiger partial charge in [0.25, 0.3) is 11.5 Å². The Morgan fingerprint density at radius 3 is 2.41 bits per heavy atom. The fraction of sp³-hybridized carbons (Fsp3) is 0.323. The molecule has 1 N–H and O–H groups in total. The zero-order chi connectivity index (χ0) is 26.0. The molecule has 5 rings (SSSR count). The molecule has 1 aromatic heterocycles. The van der Waals surface area contributed by atoms with Gasteiger partial charge in [-0.15, -0.1) is 6.58 Å². The summed E-state index contributed by atoms with van der Waals surface area (Å²) in [6.07, 6.45) is 6.58. The van der Waals surface area contributed by atoms with E-state index >= 15 is 0 Å². The Kier molecular flexibility index (Phi) is 6.83. The zero-order valence-corrected chi connectivity index (χ0v) is 21.2. The van der Waals surface area contributed by atoms with Gasteiger partial charge in [0.05, 0.1) is 5.92 Å². The maximum atomic E-state index is 13.8. The van der Waals surface area contributed by atoms with Crippen molar-refractivity contribution in [3.05, 3.63) is 118 Å². The van der Waals surface area contributed by atoms with Gasteiger partial charge in [-0.3, -0.25) is 14.4 Å². The van der Waals surface area contributed by atoms with Gasteiger partial charge in [0.2, 0.25) is 5.91 Å². The van der Waals surface area contributed by atoms with Gasteiger partial charge in [-0.05, 0) is 54.5 Å². The highest BCUT2D eigenvalue weighted by Gasteiger charge is 2.42. The number of hydrogen-bond acceptors (Lipinski definition) is 3. The van der Waals surface area contributed by atoms with Crippen LogP contribution >= 0.6 is 0 Å². The number of nitrogens with one attached hydrogen (secondary N) is 1. The minimum absolute atomic E-state index is 0.0633. The number of amides is 2. The molecule has 3 aromatic rings. The Balaban J connectivity index is 1.29. The number of aryl methyl sites for hydroxylation is 1. The SMILES string of the molecule is C=C[C@@]1(c2ccccc2)CC[C@H](C(=O)N2CCC(NC(=O)c3cccn(C)c3=O)CC2)c2ccccc21. The van der Waals surface area contributed by atoms with Crippen LogP contribution in [-0.2, 0) is 17.3 Å². The highest BCUT2D eigenvalue weighted by atomic mass is 16.2. The van der Waals surface area contributed by atoms with Gasteiger partial charge < -0.3 is 14.8 Å². The molecule has 37 heavy (non-hydrogen) atoms. The summed E-state index contributed by atoms with van der Waals surface area (Å²) in [5, 5.41) is 2.99. The summed E-state index contributed by atoms with van der Waals surface area (Å²) >= 11 is 0. The number of fused-ring (bicyclic) bond motifs is 1. The number of benzene rings is 2. The zero-order valence-electron chi connectivity index (χ0n) is 21.2. The molecule has 2 atom stereocenters. The Morgan fingerprint density at radius 2 is 1.68 bits per heavy atom. The van der Waals surface area contributed by atoms with E-state index in [4.69, 9.17) is 0 Å². The molecule has 6 nitrogen and oxygen atoms in total. The van der Waals surface area contributed by atoms with Crippen molar-refractivity contribution in [1.29, 1.82) is 0 Å². The largest absolute Gasteiger partial charge is 0.349 e. The Hall–Kier alpha value is -3.93. The topological polar surface area (TPSA) is 71.4 Å². The van der Waals surface area contributed by atoms with Crippen LogP contribution in [0, 0.1) is 0 Å². The predicted molar refractivity (Wildman–Crippen MR) is 145 cm³/mol. The highest BCUT2D eigenvalue weighted by molar-refractivity contribution is 5.94. The number of carbonyl (C=O) groups is 2. The van der Waals surface area contributed by atoms with Crippen molar-refractivity contribution >= 4 is 11.8 Å². The van der Waals surface area contributed by atoms with Crippen LogP contribution in [0.15, 0.2) is 90.4 Å². The minimum Gasteiger partial charge on any atom is -0.349 e. The second-order valence-electron chi connectivity index (χ2n) is 10.1. The second kappa shape index (κ2) is 10.2. The van der Waals surface area contributed by atoms with Gasteiger partial charge >= 0.3 is 0 Å². The molecule has 0 radical (unpaired) electrons. The van der Waals surface area contributed by atoms with E-state index in [2.05, 4.69) is 48.3 Å². The van der Waals surface area contributed by atoms with Gasteiger partial charge in [-0.1, -0.05) is 60.7 Å². The van der Waals surface area contributed by atoms with Crippen LogP contribution in [0.4, 0.5) is 0 Å². The summed E-state index contributed by atoms with van der Waals surface area (Å²) in [6.45, 7) is 5.37. The average molecular weight is 496 g/mol. The van der Waals surface area contributed by atoms with Gasteiger partial charge in [-0.25, -0.2) is 0 Å². The third-order valence-electron chi connectivity index (χ3n) is 8.09. The van der Waals surface area contributed by atoms with Crippen LogP contribution in [0.2, 0.25) is 0 Å². The standard InChI is InChI=1S/C31H33N3O3/c1-3-31(22-10-5-4-6-11-22)18-15-25(24-12-7-8-14-27(24)31)30(37)34-20-16-23(17-21-34)32-28(35)26-13-9-19-33(2)29(26)36/h3-14,19,23,25H,1,15-18,20-21H2,2H3,(H,32,35)/t25-,31-/m0/s1. The van der Waals surface area contributed by atoms with Crippen molar-refractivity contribution in [3.8, 4) is 0 Å². The Morgan fingerprint density at radius 1 is 0.973 bits per heavy atom. The summed E-state index contributed by atoms with van der Waals surface area (Å²) in [6, 6.07) is 21.9. The fourth-order valence-corrected chi connectivity index (χ4v) is 5.99. The summed E-state index contributed by atoms with van der Waals surface area (Å²) in [5.41, 5.74) is 2.97. The number of aromatic nitrogens is 1. The van der Waals surface area contributed by atoms with Gasteiger partial charge in [-0.2, -0.15) is 0 Å². The van der Waals surface area contributed by atoms with Gasteiger partial charge in [0, 0.05) is 37.8 Å². The lowest BCUT2D eigenvalue weighted by molar-refractivity contribution is -0.134. The highest BCUT2D eigenvalue weighted by Crippen LogP contribution is 2.48. The Bertz CT molecular complexity index is 1370. The molecule has 1 aliphatic carbocycles. The van der Waals surface area contributed by atoms with E-state index in [1.165, 1.54) is 10.1 Å². The molecule has 2 aromatic carbocycles. The minimum atomic E-state index is -0.353. The first-order valence-electron chi connectivity index (χ1n) is 13.0. The van der Waals surface area contributed by atoms with Crippen molar-refractivity contribution < 1.29 is 9.59 Å². The maximum Gasteiger partial charge on any atom is 0.263 e. The van der Waals surface area contributed by atoms with E-state index < -0.39 is 0 Å². The van der Waals surface area contributed by atoms with Gasteiger partial charge in [0.15, 0.2) is 0 Å². The van der Waals surface area contributed by atoms with Crippen molar-refractivity contribution in [3.63, 3.8) is 0 Å². The number of allylic oxidation sites excluding steroid dienone is 1. The first-order valence-corrected chi connectivity index (χ1v) is 13.0. The molecule has 2 heterocycles. The number of nitrogens with zero attached hydrogens (tertiary/aromatic N) is 2. The predicted octanol–water partition coefficient (Wildman–Crippen LogP) is 4.16. The van der Waals surface area contributed by atoms with Crippen molar-refractivity contribution in [2.75, 3.05) is 13.1 Å². The first kappa shape index (κ1) is 24.8. The van der Waals surface area contributed by atoms with Crippen LogP contribution in [0.1, 0.15) is 58.6 Å². The third kappa shape index (κ3) is 4.52. The monoisotopic (exact) mass is 495 g/mol. The average Bonchev–Trinajstić information content (AvgIpc) is 2.94. The van der Waals surface area contributed by atoms with Gasteiger partial charge in [0.1, 0.15) is 5.56 Å². The smallest absolute Gasteiger partial charge is 0.263 e. The molecule has 0 bridgehead atoms. The summed E-state index contributed by atoms with van der Waals surface area (Å²) in [5.74, 6) is -0.389. The number of hydrogen-bond donors (Lipinski definition) is 1. The third-order valence-corrected chi connectivity index (χ3v) is 8.09. The molecule has 2 aliphatic rings. The summed E-state index contributed by atoms with van der Waals surface area (Å²) in [4.78, 5) is 40.6. The van der Waals surface area contributed by atoms with Crippen molar-refractivity contribution in [1.82, 2.24) is 14.8 Å². The van der Waals surface area contributed by atoms with Crippen LogP contribution in [-0.4, -0.2) is 40.4 Å². The quantitative estimate of drug-likeness (QED) is 0.541. The van der Waals surface area contributed by atoms with Crippen LogP contribution in [0.5, 0.6) is 0 Å². The number of pyridine rings is 1. The van der Waals surface area contributed by atoms with Crippen LogP contribution in [0.25, 0.3) is 0 Å². The molecule has 1 saturated heterocycles. The lowest BCUT2D eigenvalue weighted by Crippen LogP contribution is -2.49. The molecular formula is C31H33N3O3. The van der Waals surface area contributed by atoms with Crippen LogP contribution < -0.4 is 10.9 Å². The van der Waals surface area contributed by atoms with Crippen molar-refractivity contribution in [2.24, 2.45) is 7.05 Å². The number of rotatable bonds is 5. The number of piperidine rings is 1. The molecule has 1 aliphatic heterocycles. The van der Waals surface area contributed by atoms with E-state index in [1.807, 2.05) is 29.2 Å². The van der Waals surface area contributed by atoms with E-state index in [-0.39, 0.29) is 40.3 Å². The number of likely N-dealkylation sites (tertiary alicyclic amines) is 1.